The summed E-state index contributed by atoms with van der Waals surface area (Å²) >= 11 is 9.33. The van der Waals surface area contributed by atoms with Crippen LogP contribution in [0.25, 0.3) is 6.08 Å². The van der Waals surface area contributed by atoms with E-state index in [4.69, 9.17) is 21.1 Å². The SMILES string of the molecule is COc1cc(Br)c(/C=C2\C(=O)NC(=O)N(c3cccc(Cl)c3)C2=O)cc1OC. The summed E-state index contributed by atoms with van der Waals surface area (Å²) in [4.78, 5) is 38.3. The Hall–Kier alpha value is -2.84. The fourth-order valence-electron chi connectivity index (χ4n) is 2.64. The van der Waals surface area contributed by atoms with Crippen LogP contribution in [0.1, 0.15) is 5.56 Å². The van der Waals surface area contributed by atoms with E-state index >= 15 is 0 Å². The molecule has 1 aliphatic heterocycles. The lowest BCUT2D eigenvalue weighted by molar-refractivity contribution is -0.122. The van der Waals surface area contributed by atoms with Crippen LogP contribution in [0, 0.1) is 0 Å². The van der Waals surface area contributed by atoms with Crippen molar-refractivity contribution >= 4 is 57.1 Å². The number of nitrogens with zero attached hydrogens (tertiary/aromatic N) is 1. The number of benzene rings is 2. The maximum atomic E-state index is 12.9. The Morgan fingerprint density at radius 2 is 1.75 bits per heavy atom. The zero-order valence-corrected chi connectivity index (χ0v) is 17.1. The molecule has 0 saturated carbocycles. The van der Waals surface area contributed by atoms with Crippen molar-refractivity contribution < 1.29 is 23.9 Å². The van der Waals surface area contributed by atoms with Crippen molar-refractivity contribution in [2.75, 3.05) is 19.1 Å². The largest absolute Gasteiger partial charge is 0.493 e. The summed E-state index contributed by atoms with van der Waals surface area (Å²) in [5.74, 6) is -0.664. The molecule has 0 spiro atoms. The quantitative estimate of drug-likeness (QED) is 0.549. The highest BCUT2D eigenvalue weighted by Crippen LogP contribution is 2.35. The number of methoxy groups -OCH3 is 2. The minimum Gasteiger partial charge on any atom is -0.493 e. The molecule has 2 aromatic carbocycles. The van der Waals surface area contributed by atoms with E-state index in [9.17, 15) is 14.4 Å². The van der Waals surface area contributed by atoms with Crippen molar-refractivity contribution in [3.05, 3.63) is 57.0 Å². The van der Waals surface area contributed by atoms with Gasteiger partial charge in [0.2, 0.25) is 0 Å². The van der Waals surface area contributed by atoms with E-state index in [-0.39, 0.29) is 11.3 Å². The molecule has 7 nitrogen and oxygen atoms in total. The molecule has 4 amide bonds. The number of carbonyl (C=O) groups excluding carboxylic acids is 3. The monoisotopic (exact) mass is 464 g/mol. The number of rotatable bonds is 4. The maximum absolute atomic E-state index is 12.9. The summed E-state index contributed by atoms with van der Waals surface area (Å²) in [6.07, 6.45) is 1.37. The van der Waals surface area contributed by atoms with Crippen LogP contribution < -0.4 is 19.7 Å². The lowest BCUT2D eigenvalue weighted by Crippen LogP contribution is -2.54. The molecule has 1 aliphatic rings. The highest BCUT2D eigenvalue weighted by Gasteiger charge is 2.37. The molecular weight excluding hydrogens is 452 g/mol. The number of amides is 4. The number of anilines is 1. The average molecular weight is 466 g/mol. The average Bonchev–Trinajstić information content (AvgIpc) is 2.65. The Bertz CT molecular complexity index is 1020. The molecule has 2 aromatic rings. The van der Waals surface area contributed by atoms with Crippen molar-refractivity contribution in [1.29, 1.82) is 0 Å². The number of hydrogen-bond donors (Lipinski definition) is 1. The van der Waals surface area contributed by atoms with E-state index in [1.54, 1.807) is 30.3 Å². The molecule has 0 aromatic heterocycles. The molecule has 1 saturated heterocycles. The van der Waals surface area contributed by atoms with Crippen molar-refractivity contribution in [3.8, 4) is 11.5 Å². The van der Waals surface area contributed by atoms with Gasteiger partial charge < -0.3 is 9.47 Å². The van der Waals surface area contributed by atoms with Crippen LogP contribution in [0.2, 0.25) is 5.02 Å². The van der Waals surface area contributed by atoms with Gasteiger partial charge in [0, 0.05) is 9.50 Å². The first-order valence-corrected chi connectivity index (χ1v) is 9.11. The maximum Gasteiger partial charge on any atom is 0.335 e. The molecule has 3 rings (SSSR count). The minimum absolute atomic E-state index is 0.215. The van der Waals surface area contributed by atoms with Crippen molar-refractivity contribution in [2.24, 2.45) is 0 Å². The summed E-state index contributed by atoms with van der Waals surface area (Å²) in [7, 11) is 2.97. The normalized spacial score (nSPS) is 15.6. The first kappa shape index (κ1) is 19.9. The molecule has 0 bridgehead atoms. The summed E-state index contributed by atoms with van der Waals surface area (Å²) in [6.45, 7) is 0. The summed E-state index contributed by atoms with van der Waals surface area (Å²) in [5, 5.41) is 2.51. The van der Waals surface area contributed by atoms with Gasteiger partial charge in [-0.2, -0.15) is 0 Å². The Balaban J connectivity index is 2.07. The number of urea groups is 1. The summed E-state index contributed by atoms with van der Waals surface area (Å²) in [5.41, 5.74) is 0.531. The highest BCUT2D eigenvalue weighted by atomic mass is 79.9. The third-order valence-corrected chi connectivity index (χ3v) is 4.89. The topological polar surface area (TPSA) is 84.9 Å². The van der Waals surface area contributed by atoms with E-state index in [2.05, 4.69) is 21.2 Å². The van der Waals surface area contributed by atoms with E-state index in [0.29, 0.717) is 26.6 Å². The number of barbiturate groups is 1. The van der Waals surface area contributed by atoms with Crippen LogP contribution >= 0.6 is 27.5 Å². The van der Waals surface area contributed by atoms with E-state index in [0.717, 1.165) is 4.90 Å². The number of ether oxygens (including phenoxy) is 2. The number of carbonyl (C=O) groups is 3. The molecule has 9 heteroatoms. The Labute approximate surface area is 174 Å². The van der Waals surface area contributed by atoms with Crippen molar-refractivity contribution in [2.45, 2.75) is 0 Å². The molecule has 0 unspecified atom stereocenters. The molecule has 1 N–H and O–H groups in total. The lowest BCUT2D eigenvalue weighted by Gasteiger charge is -2.26. The van der Waals surface area contributed by atoms with Gasteiger partial charge in [-0.3, -0.25) is 14.9 Å². The minimum atomic E-state index is -0.846. The molecule has 28 heavy (non-hydrogen) atoms. The third kappa shape index (κ3) is 3.74. The molecule has 144 valence electrons. The number of halogens is 2. The fraction of sp³-hybridized carbons (Fsp3) is 0.105. The van der Waals surface area contributed by atoms with E-state index in [1.807, 2.05) is 0 Å². The standard InChI is InChI=1S/C19H14BrClN2O5/c1-27-15-7-10(14(20)9-16(15)28-2)6-13-17(24)22-19(26)23(18(13)25)12-5-3-4-11(21)8-12/h3-9H,1-2H3,(H,22,24,26)/b13-6+. The molecule has 1 fully saturated rings. The third-order valence-electron chi connectivity index (χ3n) is 3.97. The van der Waals surface area contributed by atoms with Gasteiger partial charge in [-0.25, -0.2) is 9.69 Å². The number of imide groups is 2. The van der Waals surface area contributed by atoms with E-state index < -0.39 is 17.8 Å². The molecule has 0 aliphatic carbocycles. The predicted octanol–water partition coefficient (Wildman–Crippen LogP) is 3.79. The molecule has 0 atom stereocenters. The van der Waals surface area contributed by atoms with Gasteiger partial charge in [0.1, 0.15) is 5.57 Å². The molecule has 1 heterocycles. The molecule has 0 radical (unpaired) electrons. The van der Waals surface area contributed by atoms with Crippen LogP contribution in [0.5, 0.6) is 11.5 Å². The zero-order chi connectivity index (χ0) is 20.4. The van der Waals surface area contributed by atoms with Gasteiger partial charge in [0.15, 0.2) is 11.5 Å². The summed E-state index contributed by atoms with van der Waals surface area (Å²) < 4.78 is 11.0. The van der Waals surface area contributed by atoms with Gasteiger partial charge in [0.05, 0.1) is 19.9 Å². The second-order valence-electron chi connectivity index (χ2n) is 5.67. The number of hydrogen-bond acceptors (Lipinski definition) is 5. The second-order valence-corrected chi connectivity index (χ2v) is 6.96. The fourth-order valence-corrected chi connectivity index (χ4v) is 3.26. The van der Waals surface area contributed by atoms with Gasteiger partial charge in [-0.1, -0.05) is 33.6 Å². The molecular formula is C19H14BrClN2O5. The van der Waals surface area contributed by atoms with Gasteiger partial charge in [0.25, 0.3) is 11.8 Å². The van der Waals surface area contributed by atoms with Crippen molar-refractivity contribution in [3.63, 3.8) is 0 Å². The first-order chi connectivity index (χ1) is 13.3. The van der Waals surface area contributed by atoms with Gasteiger partial charge in [-0.15, -0.1) is 0 Å². The predicted molar refractivity (Wildman–Crippen MR) is 108 cm³/mol. The van der Waals surface area contributed by atoms with Gasteiger partial charge in [-0.05, 0) is 42.0 Å². The Morgan fingerprint density at radius 3 is 2.39 bits per heavy atom. The second kappa shape index (κ2) is 8.04. The van der Waals surface area contributed by atoms with Crippen LogP contribution in [-0.4, -0.2) is 32.1 Å². The van der Waals surface area contributed by atoms with E-state index in [1.165, 1.54) is 26.4 Å². The van der Waals surface area contributed by atoms with Crippen LogP contribution in [0.3, 0.4) is 0 Å². The van der Waals surface area contributed by atoms with Crippen molar-refractivity contribution in [1.82, 2.24) is 5.32 Å². The van der Waals surface area contributed by atoms with Gasteiger partial charge >= 0.3 is 6.03 Å². The Morgan fingerprint density at radius 1 is 1.07 bits per heavy atom. The smallest absolute Gasteiger partial charge is 0.335 e. The lowest BCUT2D eigenvalue weighted by atomic mass is 10.1. The van der Waals surface area contributed by atoms with Crippen LogP contribution in [0.15, 0.2) is 46.4 Å². The zero-order valence-electron chi connectivity index (χ0n) is 14.8. The highest BCUT2D eigenvalue weighted by molar-refractivity contribution is 9.10. The van der Waals surface area contributed by atoms with Crippen LogP contribution in [-0.2, 0) is 9.59 Å². The summed E-state index contributed by atoms with van der Waals surface area (Å²) in [6, 6.07) is 8.62. The number of nitrogens with one attached hydrogen (secondary N) is 1. The first-order valence-electron chi connectivity index (χ1n) is 7.94. The Kier molecular flexibility index (Phi) is 5.71. The van der Waals surface area contributed by atoms with Crippen LogP contribution in [0.4, 0.5) is 10.5 Å².